The predicted octanol–water partition coefficient (Wildman–Crippen LogP) is 3.59. The number of ether oxygens (including phenoxy) is 1. The molecule has 0 radical (unpaired) electrons. The molecular weight excluding hydrogens is 279 g/mol. The molecule has 2 aromatic rings. The summed E-state index contributed by atoms with van der Waals surface area (Å²) >= 11 is 0. The molecule has 0 aliphatic carbocycles. The van der Waals surface area contributed by atoms with Gasteiger partial charge in [0, 0.05) is 6.42 Å². The molecule has 3 heteroatoms. The van der Waals surface area contributed by atoms with E-state index in [2.05, 4.69) is 52.6 Å². The molecule has 1 atom stereocenters. The Hall–Kier alpha value is -1.37. The fraction of sp³-hybridized carbons (Fsp3) is 0.333. The molecule has 0 heterocycles. The summed E-state index contributed by atoms with van der Waals surface area (Å²) in [6.45, 7) is 2.54. The average molecular weight is 302 g/mol. The Kier molecular flexibility index (Phi) is 6.22. The zero-order chi connectivity index (χ0) is 15.1. The largest absolute Gasteiger partial charge is 0.491 e. The second-order valence-corrected chi connectivity index (χ2v) is 5.47. The Morgan fingerprint density at radius 3 is 2.29 bits per heavy atom. The van der Waals surface area contributed by atoms with E-state index in [4.69, 9.17) is 9.84 Å². The maximum absolute atomic E-state index is 8.94. The van der Waals surface area contributed by atoms with E-state index in [-0.39, 0.29) is 6.61 Å². The van der Waals surface area contributed by atoms with Gasteiger partial charge in [0.2, 0.25) is 0 Å². The second kappa shape index (κ2) is 8.17. The van der Waals surface area contributed by atoms with E-state index in [1.807, 2.05) is 6.07 Å². The van der Waals surface area contributed by atoms with Gasteiger partial charge in [0.15, 0.2) is 0 Å². The van der Waals surface area contributed by atoms with Crippen LogP contribution in [0, 0.1) is 0 Å². The molecule has 2 nitrogen and oxygen atoms in total. The Labute approximate surface area is 129 Å². The van der Waals surface area contributed by atoms with E-state index >= 15 is 0 Å². The first kappa shape index (κ1) is 16.0. The van der Waals surface area contributed by atoms with Crippen molar-refractivity contribution in [3.63, 3.8) is 0 Å². The summed E-state index contributed by atoms with van der Waals surface area (Å²) in [6, 6.07) is 15.0. The standard InChI is InChI=1S/C18H23O2P/c1-2-14-3-5-15(6-4-14)11-17-12-16(13-21)7-8-18(17)20-10-9-19/h3-8,12,19H,2,9-11,13,21H2,1H3. The van der Waals surface area contributed by atoms with Gasteiger partial charge in [-0.15, -0.1) is 9.24 Å². The Morgan fingerprint density at radius 1 is 1.00 bits per heavy atom. The first-order valence-corrected chi connectivity index (χ1v) is 8.21. The van der Waals surface area contributed by atoms with Gasteiger partial charge in [-0.2, -0.15) is 0 Å². The van der Waals surface area contributed by atoms with Crippen molar-refractivity contribution in [1.82, 2.24) is 0 Å². The number of hydrogen-bond acceptors (Lipinski definition) is 2. The third-order valence-corrected chi connectivity index (χ3v) is 4.01. The minimum atomic E-state index is 0.0377. The highest BCUT2D eigenvalue weighted by molar-refractivity contribution is 7.15. The van der Waals surface area contributed by atoms with Crippen molar-refractivity contribution in [1.29, 1.82) is 0 Å². The predicted molar refractivity (Wildman–Crippen MR) is 91.1 cm³/mol. The Morgan fingerprint density at radius 2 is 1.67 bits per heavy atom. The number of rotatable bonds is 7. The third-order valence-electron chi connectivity index (χ3n) is 3.54. The summed E-state index contributed by atoms with van der Waals surface area (Å²) in [5.74, 6) is 0.866. The first-order valence-electron chi connectivity index (χ1n) is 7.40. The van der Waals surface area contributed by atoms with Crippen LogP contribution in [-0.2, 0) is 19.0 Å². The summed E-state index contributed by atoms with van der Waals surface area (Å²) in [4.78, 5) is 0. The van der Waals surface area contributed by atoms with Gasteiger partial charge >= 0.3 is 0 Å². The lowest BCUT2D eigenvalue weighted by atomic mass is 10.0. The van der Waals surface area contributed by atoms with E-state index in [9.17, 15) is 0 Å². The molecule has 0 saturated heterocycles. The highest BCUT2D eigenvalue weighted by Gasteiger charge is 2.06. The Bertz CT molecular complexity index is 564. The van der Waals surface area contributed by atoms with Gasteiger partial charge in [-0.3, -0.25) is 0 Å². The summed E-state index contributed by atoms with van der Waals surface area (Å²) < 4.78 is 5.65. The smallest absolute Gasteiger partial charge is 0.122 e. The van der Waals surface area contributed by atoms with E-state index < -0.39 is 0 Å². The SMILES string of the molecule is CCc1ccc(Cc2cc(CP)ccc2OCCO)cc1. The first-order chi connectivity index (χ1) is 10.3. The average Bonchev–Trinajstić information content (AvgIpc) is 2.54. The molecule has 2 rings (SSSR count). The van der Waals surface area contributed by atoms with Crippen LogP contribution in [0.5, 0.6) is 5.75 Å². The highest BCUT2D eigenvalue weighted by Crippen LogP contribution is 2.24. The number of aliphatic hydroxyl groups is 1. The molecule has 2 aromatic carbocycles. The van der Waals surface area contributed by atoms with E-state index in [1.165, 1.54) is 22.3 Å². The van der Waals surface area contributed by atoms with Crippen LogP contribution in [0.2, 0.25) is 0 Å². The summed E-state index contributed by atoms with van der Waals surface area (Å²) in [5.41, 5.74) is 5.08. The fourth-order valence-electron chi connectivity index (χ4n) is 2.31. The van der Waals surface area contributed by atoms with Crippen molar-refractivity contribution in [2.24, 2.45) is 0 Å². The van der Waals surface area contributed by atoms with Crippen LogP contribution < -0.4 is 4.74 Å². The second-order valence-electron chi connectivity index (χ2n) is 5.07. The van der Waals surface area contributed by atoms with Crippen molar-refractivity contribution in [3.8, 4) is 5.75 Å². The molecule has 1 N–H and O–H groups in total. The maximum Gasteiger partial charge on any atom is 0.122 e. The molecule has 0 fully saturated rings. The zero-order valence-electron chi connectivity index (χ0n) is 12.5. The van der Waals surface area contributed by atoms with Crippen LogP contribution >= 0.6 is 9.24 Å². The van der Waals surface area contributed by atoms with Crippen molar-refractivity contribution in [2.75, 3.05) is 13.2 Å². The van der Waals surface area contributed by atoms with Crippen LogP contribution in [0.4, 0.5) is 0 Å². The van der Waals surface area contributed by atoms with Gasteiger partial charge < -0.3 is 9.84 Å². The van der Waals surface area contributed by atoms with Gasteiger partial charge in [0.05, 0.1) is 6.61 Å². The fourth-order valence-corrected chi connectivity index (χ4v) is 2.56. The number of benzene rings is 2. The minimum Gasteiger partial charge on any atom is -0.491 e. The van der Waals surface area contributed by atoms with Crippen LogP contribution in [0.15, 0.2) is 42.5 Å². The van der Waals surface area contributed by atoms with Crippen LogP contribution in [0.25, 0.3) is 0 Å². The van der Waals surface area contributed by atoms with Gasteiger partial charge in [0.1, 0.15) is 12.4 Å². The Balaban J connectivity index is 2.22. The quantitative estimate of drug-likeness (QED) is 0.792. The maximum atomic E-state index is 8.94. The van der Waals surface area contributed by atoms with Gasteiger partial charge in [-0.25, -0.2) is 0 Å². The number of aryl methyl sites for hydroxylation is 1. The molecule has 21 heavy (non-hydrogen) atoms. The van der Waals surface area contributed by atoms with Crippen molar-refractivity contribution in [3.05, 3.63) is 64.7 Å². The lowest BCUT2D eigenvalue weighted by molar-refractivity contribution is 0.200. The van der Waals surface area contributed by atoms with E-state index in [0.29, 0.717) is 6.61 Å². The molecule has 112 valence electrons. The summed E-state index contributed by atoms with van der Waals surface area (Å²) in [5, 5.41) is 8.94. The monoisotopic (exact) mass is 302 g/mol. The molecule has 1 unspecified atom stereocenters. The third kappa shape index (κ3) is 4.56. The van der Waals surface area contributed by atoms with Crippen molar-refractivity contribution >= 4 is 9.24 Å². The molecule has 0 bridgehead atoms. The van der Waals surface area contributed by atoms with E-state index in [0.717, 1.165) is 24.8 Å². The normalized spacial score (nSPS) is 10.6. The van der Waals surface area contributed by atoms with Gasteiger partial charge in [0.25, 0.3) is 0 Å². The molecule has 0 aliphatic heterocycles. The number of aliphatic hydroxyl groups excluding tert-OH is 1. The number of hydrogen-bond donors (Lipinski definition) is 1. The lowest BCUT2D eigenvalue weighted by Gasteiger charge is -2.13. The highest BCUT2D eigenvalue weighted by atomic mass is 31.0. The van der Waals surface area contributed by atoms with Crippen molar-refractivity contribution < 1.29 is 9.84 Å². The summed E-state index contributed by atoms with van der Waals surface area (Å²) in [7, 11) is 2.75. The summed E-state index contributed by atoms with van der Waals surface area (Å²) in [6.07, 6.45) is 2.85. The van der Waals surface area contributed by atoms with Crippen LogP contribution in [-0.4, -0.2) is 18.3 Å². The van der Waals surface area contributed by atoms with Crippen LogP contribution in [0.1, 0.15) is 29.2 Å². The van der Waals surface area contributed by atoms with Crippen LogP contribution in [0.3, 0.4) is 0 Å². The molecule has 0 amide bonds. The van der Waals surface area contributed by atoms with Gasteiger partial charge in [-0.1, -0.05) is 43.3 Å². The van der Waals surface area contributed by atoms with Gasteiger partial charge in [-0.05, 0) is 40.9 Å². The topological polar surface area (TPSA) is 29.5 Å². The molecule has 0 aliphatic rings. The molecular formula is C18H23O2P. The molecule has 0 saturated carbocycles. The van der Waals surface area contributed by atoms with Crippen molar-refractivity contribution in [2.45, 2.75) is 25.9 Å². The zero-order valence-corrected chi connectivity index (χ0v) is 13.7. The molecule has 0 spiro atoms. The lowest BCUT2D eigenvalue weighted by Crippen LogP contribution is -2.04. The molecule has 0 aromatic heterocycles. The minimum absolute atomic E-state index is 0.0377. The van der Waals surface area contributed by atoms with E-state index in [1.54, 1.807) is 0 Å².